The van der Waals surface area contributed by atoms with Gasteiger partial charge in [-0.2, -0.15) is 0 Å². The van der Waals surface area contributed by atoms with E-state index in [0.29, 0.717) is 5.69 Å². The number of nitro benzene ring substituents is 1. The molecule has 0 unspecified atom stereocenters. The fourth-order valence-corrected chi connectivity index (χ4v) is 1.18. The predicted molar refractivity (Wildman–Crippen MR) is 63.0 cm³/mol. The van der Waals surface area contributed by atoms with Gasteiger partial charge in [-0.05, 0) is 12.1 Å². The van der Waals surface area contributed by atoms with Crippen molar-refractivity contribution in [3.05, 3.63) is 34.4 Å². The summed E-state index contributed by atoms with van der Waals surface area (Å²) in [6.07, 6.45) is 0.0383. The molecule has 18 heavy (non-hydrogen) atoms. The average molecular weight is 252 g/mol. The first kappa shape index (κ1) is 13.6. The molecule has 0 aliphatic rings. The summed E-state index contributed by atoms with van der Waals surface area (Å²) in [7, 11) is 0. The first-order valence-electron chi connectivity index (χ1n) is 5.16. The fourth-order valence-electron chi connectivity index (χ4n) is 1.18. The van der Waals surface area contributed by atoms with Gasteiger partial charge in [0.1, 0.15) is 6.61 Å². The zero-order valence-corrected chi connectivity index (χ0v) is 9.71. The molecule has 7 heteroatoms. The van der Waals surface area contributed by atoms with Gasteiger partial charge in [0.05, 0.1) is 11.3 Å². The Kier molecular flexibility index (Phi) is 4.79. The quantitative estimate of drug-likeness (QED) is 0.486. The zero-order valence-electron chi connectivity index (χ0n) is 9.71. The van der Waals surface area contributed by atoms with E-state index in [1.807, 2.05) is 0 Å². The number of anilines is 1. The molecule has 0 saturated heterocycles. The Morgan fingerprint density at radius 3 is 2.44 bits per heavy atom. The summed E-state index contributed by atoms with van der Waals surface area (Å²) in [6, 6.07) is 5.45. The Morgan fingerprint density at radius 1 is 1.33 bits per heavy atom. The Balaban J connectivity index is 2.44. The SMILES string of the molecule is CC(=O)OCCC(=O)Nc1ccc([N+](=O)[O-])cc1. The molecule has 1 aromatic rings. The molecular formula is C11H12N2O5. The second-order valence-corrected chi connectivity index (χ2v) is 3.44. The van der Waals surface area contributed by atoms with Crippen LogP contribution in [0.25, 0.3) is 0 Å². The van der Waals surface area contributed by atoms with E-state index in [1.165, 1.54) is 31.2 Å². The van der Waals surface area contributed by atoms with Crippen molar-refractivity contribution in [2.24, 2.45) is 0 Å². The summed E-state index contributed by atoms with van der Waals surface area (Å²) in [5.41, 5.74) is 0.404. The van der Waals surface area contributed by atoms with E-state index < -0.39 is 10.9 Å². The number of nitro groups is 1. The van der Waals surface area contributed by atoms with Crippen LogP contribution in [0.2, 0.25) is 0 Å². The molecule has 1 rings (SSSR count). The molecule has 0 atom stereocenters. The summed E-state index contributed by atoms with van der Waals surface area (Å²) in [5, 5.41) is 12.9. The van der Waals surface area contributed by atoms with Crippen LogP contribution in [0.1, 0.15) is 13.3 Å². The number of nitrogens with zero attached hydrogens (tertiary/aromatic N) is 1. The highest BCUT2D eigenvalue weighted by molar-refractivity contribution is 5.90. The van der Waals surface area contributed by atoms with E-state index in [1.54, 1.807) is 0 Å². The smallest absolute Gasteiger partial charge is 0.302 e. The molecule has 0 saturated carbocycles. The number of benzene rings is 1. The van der Waals surface area contributed by atoms with Crippen molar-refractivity contribution >= 4 is 23.3 Å². The van der Waals surface area contributed by atoms with Crippen molar-refractivity contribution < 1.29 is 19.2 Å². The first-order chi connectivity index (χ1) is 8.49. The lowest BCUT2D eigenvalue weighted by Gasteiger charge is -2.04. The number of esters is 1. The number of amides is 1. The van der Waals surface area contributed by atoms with Gasteiger partial charge in [0.15, 0.2) is 0 Å². The van der Waals surface area contributed by atoms with Gasteiger partial charge < -0.3 is 10.1 Å². The minimum absolute atomic E-state index is 0.00808. The minimum atomic E-state index is -0.522. The molecule has 0 heterocycles. The second kappa shape index (κ2) is 6.33. The summed E-state index contributed by atoms with van der Waals surface area (Å²) in [4.78, 5) is 31.7. The molecule has 0 aliphatic carbocycles. The maximum atomic E-state index is 11.4. The normalized spacial score (nSPS) is 9.61. The van der Waals surface area contributed by atoms with Crippen molar-refractivity contribution in [2.45, 2.75) is 13.3 Å². The Labute approximate surface area is 103 Å². The molecule has 0 radical (unpaired) electrons. The predicted octanol–water partition coefficient (Wildman–Crippen LogP) is 1.49. The van der Waals surface area contributed by atoms with Crippen LogP contribution in [0.5, 0.6) is 0 Å². The monoisotopic (exact) mass is 252 g/mol. The van der Waals surface area contributed by atoms with Gasteiger partial charge in [-0.25, -0.2) is 0 Å². The highest BCUT2D eigenvalue weighted by Crippen LogP contribution is 2.15. The van der Waals surface area contributed by atoms with Crippen LogP contribution in [0.3, 0.4) is 0 Å². The van der Waals surface area contributed by atoms with E-state index in [0.717, 1.165) is 0 Å². The number of carbonyl (C=O) groups excluding carboxylic acids is 2. The maximum absolute atomic E-state index is 11.4. The van der Waals surface area contributed by atoms with E-state index in [2.05, 4.69) is 10.1 Å². The topological polar surface area (TPSA) is 98.5 Å². The van der Waals surface area contributed by atoms with Crippen LogP contribution in [0.4, 0.5) is 11.4 Å². The lowest BCUT2D eigenvalue weighted by Crippen LogP contribution is -2.15. The molecule has 7 nitrogen and oxygen atoms in total. The van der Waals surface area contributed by atoms with Gasteiger partial charge in [0, 0.05) is 24.7 Å². The number of hydrogen-bond acceptors (Lipinski definition) is 5. The molecular weight excluding hydrogens is 240 g/mol. The highest BCUT2D eigenvalue weighted by Gasteiger charge is 2.06. The number of hydrogen-bond donors (Lipinski definition) is 1. The van der Waals surface area contributed by atoms with Crippen LogP contribution < -0.4 is 5.32 Å². The van der Waals surface area contributed by atoms with Gasteiger partial charge in [-0.3, -0.25) is 19.7 Å². The number of carbonyl (C=O) groups is 2. The Bertz CT molecular complexity index is 455. The molecule has 0 spiro atoms. The van der Waals surface area contributed by atoms with Crippen molar-refractivity contribution in [1.29, 1.82) is 0 Å². The molecule has 1 N–H and O–H groups in total. The summed E-state index contributed by atoms with van der Waals surface area (Å²) in [5.74, 6) is -0.775. The summed E-state index contributed by atoms with van der Waals surface area (Å²) < 4.78 is 4.61. The van der Waals surface area contributed by atoms with Crippen LogP contribution in [-0.4, -0.2) is 23.4 Å². The molecule has 0 bridgehead atoms. The number of ether oxygens (including phenoxy) is 1. The largest absolute Gasteiger partial charge is 0.465 e. The minimum Gasteiger partial charge on any atom is -0.465 e. The van der Waals surface area contributed by atoms with Gasteiger partial charge in [-0.15, -0.1) is 0 Å². The third-order valence-corrected chi connectivity index (χ3v) is 2.00. The number of rotatable bonds is 5. The fraction of sp³-hybridized carbons (Fsp3) is 0.273. The second-order valence-electron chi connectivity index (χ2n) is 3.44. The molecule has 1 amide bonds. The summed E-state index contributed by atoms with van der Waals surface area (Å²) >= 11 is 0. The zero-order chi connectivity index (χ0) is 13.5. The van der Waals surface area contributed by atoms with Crippen molar-refractivity contribution in [1.82, 2.24) is 0 Å². The van der Waals surface area contributed by atoms with E-state index in [4.69, 9.17) is 0 Å². The van der Waals surface area contributed by atoms with Crippen molar-refractivity contribution in [3.63, 3.8) is 0 Å². The van der Waals surface area contributed by atoms with Gasteiger partial charge >= 0.3 is 5.97 Å². The highest BCUT2D eigenvalue weighted by atomic mass is 16.6. The lowest BCUT2D eigenvalue weighted by atomic mass is 10.3. The lowest BCUT2D eigenvalue weighted by molar-refractivity contribution is -0.384. The van der Waals surface area contributed by atoms with E-state index >= 15 is 0 Å². The molecule has 1 aromatic carbocycles. The van der Waals surface area contributed by atoms with Crippen LogP contribution in [-0.2, 0) is 14.3 Å². The van der Waals surface area contributed by atoms with Crippen LogP contribution in [0.15, 0.2) is 24.3 Å². The molecule has 96 valence electrons. The molecule has 0 aromatic heterocycles. The molecule has 0 aliphatic heterocycles. The van der Waals surface area contributed by atoms with Gasteiger partial charge in [0.2, 0.25) is 5.91 Å². The molecule has 0 fully saturated rings. The Morgan fingerprint density at radius 2 is 1.94 bits per heavy atom. The average Bonchev–Trinajstić information content (AvgIpc) is 2.29. The van der Waals surface area contributed by atoms with E-state index in [9.17, 15) is 19.7 Å². The van der Waals surface area contributed by atoms with E-state index in [-0.39, 0.29) is 24.6 Å². The number of non-ortho nitro benzene ring substituents is 1. The summed E-state index contributed by atoms with van der Waals surface area (Å²) in [6.45, 7) is 1.27. The van der Waals surface area contributed by atoms with Crippen LogP contribution >= 0.6 is 0 Å². The first-order valence-corrected chi connectivity index (χ1v) is 5.16. The standard InChI is InChI=1S/C11H12N2O5/c1-8(14)18-7-6-11(15)12-9-2-4-10(5-3-9)13(16)17/h2-5H,6-7H2,1H3,(H,12,15). The third-order valence-electron chi connectivity index (χ3n) is 2.00. The van der Waals surface area contributed by atoms with Crippen molar-refractivity contribution in [3.8, 4) is 0 Å². The van der Waals surface area contributed by atoms with Crippen LogP contribution in [0, 0.1) is 10.1 Å². The van der Waals surface area contributed by atoms with Gasteiger partial charge in [-0.1, -0.05) is 0 Å². The maximum Gasteiger partial charge on any atom is 0.302 e. The number of nitrogens with one attached hydrogen (secondary N) is 1. The van der Waals surface area contributed by atoms with Crippen molar-refractivity contribution in [2.75, 3.05) is 11.9 Å². The Hall–Kier alpha value is -2.44. The third kappa shape index (κ3) is 4.60. The van der Waals surface area contributed by atoms with Gasteiger partial charge in [0.25, 0.3) is 5.69 Å².